The van der Waals surface area contributed by atoms with Crippen LogP contribution in [0.15, 0.2) is 18.3 Å². The van der Waals surface area contributed by atoms with Crippen molar-refractivity contribution in [2.45, 2.75) is 25.7 Å². The Morgan fingerprint density at radius 2 is 2.39 bits per heavy atom. The van der Waals surface area contributed by atoms with E-state index in [0.717, 1.165) is 25.2 Å². The fourth-order valence-corrected chi connectivity index (χ4v) is 2.49. The number of hydrogen-bond donors (Lipinski definition) is 0. The summed E-state index contributed by atoms with van der Waals surface area (Å²) in [6, 6.07) is 3.97. The van der Waals surface area contributed by atoms with Crippen LogP contribution >= 0.6 is 11.6 Å². The number of hydrogen-bond acceptors (Lipinski definition) is 4. The minimum absolute atomic E-state index is 0.109. The first kappa shape index (κ1) is 13.6. The monoisotopic (exact) mass is 270 g/mol. The fourth-order valence-electron chi connectivity index (χ4n) is 2.32. The van der Waals surface area contributed by atoms with Crippen LogP contribution in [0.25, 0.3) is 0 Å². The second-order valence-electron chi connectivity index (χ2n) is 4.59. The molecule has 0 radical (unpaired) electrons. The Morgan fingerprint density at radius 1 is 1.56 bits per heavy atom. The SMILES string of the molecule is COc1ncccc1CN1CC(C)OC(CCl)C1. The molecule has 0 aromatic carbocycles. The fraction of sp³-hybridized carbons (Fsp3) is 0.615. The van der Waals surface area contributed by atoms with Crippen molar-refractivity contribution in [1.82, 2.24) is 9.88 Å². The van der Waals surface area contributed by atoms with Gasteiger partial charge in [-0.1, -0.05) is 6.07 Å². The highest BCUT2D eigenvalue weighted by atomic mass is 35.5. The molecule has 5 heteroatoms. The van der Waals surface area contributed by atoms with Crippen LogP contribution in [0.1, 0.15) is 12.5 Å². The van der Waals surface area contributed by atoms with Gasteiger partial charge in [0.05, 0.1) is 19.3 Å². The normalized spacial score (nSPS) is 25.1. The lowest BCUT2D eigenvalue weighted by Crippen LogP contribution is -2.46. The molecule has 2 rings (SSSR count). The molecule has 18 heavy (non-hydrogen) atoms. The van der Waals surface area contributed by atoms with Crippen LogP contribution in [0.3, 0.4) is 0 Å². The number of rotatable bonds is 4. The van der Waals surface area contributed by atoms with Crippen molar-refractivity contribution in [1.29, 1.82) is 0 Å². The largest absolute Gasteiger partial charge is 0.481 e. The molecule has 1 aliphatic rings. The maximum atomic E-state index is 5.88. The van der Waals surface area contributed by atoms with E-state index in [0.29, 0.717) is 11.8 Å². The van der Waals surface area contributed by atoms with Crippen molar-refractivity contribution in [2.75, 3.05) is 26.1 Å². The lowest BCUT2D eigenvalue weighted by Gasteiger charge is -2.36. The van der Waals surface area contributed by atoms with E-state index in [4.69, 9.17) is 21.1 Å². The first-order chi connectivity index (χ1) is 8.72. The quantitative estimate of drug-likeness (QED) is 0.783. The van der Waals surface area contributed by atoms with Gasteiger partial charge in [-0.3, -0.25) is 4.90 Å². The third-order valence-corrected chi connectivity index (χ3v) is 3.36. The molecule has 2 atom stereocenters. The number of aromatic nitrogens is 1. The first-order valence-electron chi connectivity index (χ1n) is 6.14. The average molecular weight is 271 g/mol. The van der Waals surface area contributed by atoms with Crippen molar-refractivity contribution in [3.8, 4) is 5.88 Å². The van der Waals surface area contributed by atoms with Gasteiger partial charge in [0.1, 0.15) is 0 Å². The minimum Gasteiger partial charge on any atom is -0.481 e. The third-order valence-electron chi connectivity index (χ3n) is 3.01. The molecule has 1 aliphatic heterocycles. The first-order valence-corrected chi connectivity index (χ1v) is 6.68. The molecule has 100 valence electrons. The molecule has 0 spiro atoms. The van der Waals surface area contributed by atoms with E-state index < -0.39 is 0 Å². The highest BCUT2D eigenvalue weighted by Crippen LogP contribution is 2.19. The Labute approximate surface area is 113 Å². The molecule has 1 saturated heterocycles. The summed E-state index contributed by atoms with van der Waals surface area (Å²) in [6.07, 6.45) is 2.06. The van der Waals surface area contributed by atoms with Gasteiger partial charge >= 0.3 is 0 Å². The Bertz CT molecular complexity index is 389. The van der Waals surface area contributed by atoms with E-state index in [1.165, 1.54) is 0 Å². The van der Waals surface area contributed by atoms with Crippen molar-refractivity contribution >= 4 is 11.6 Å². The molecular formula is C13H19ClN2O2. The highest BCUT2D eigenvalue weighted by molar-refractivity contribution is 6.18. The lowest BCUT2D eigenvalue weighted by atomic mass is 10.2. The number of nitrogens with zero attached hydrogens (tertiary/aromatic N) is 2. The lowest BCUT2D eigenvalue weighted by molar-refractivity contribution is -0.0690. The predicted octanol–water partition coefficient (Wildman–Crippen LogP) is 1.92. The minimum atomic E-state index is 0.109. The highest BCUT2D eigenvalue weighted by Gasteiger charge is 2.25. The summed E-state index contributed by atoms with van der Waals surface area (Å²) in [7, 11) is 1.65. The van der Waals surface area contributed by atoms with Crippen molar-refractivity contribution < 1.29 is 9.47 Å². The van der Waals surface area contributed by atoms with E-state index in [9.17, 15) is 0 Å². The number of pyridine rings is 1. The second kappa shape index (κ2) is 6.36. The van der Waals surface area contributed by atoms with Crippen LogP contribution in [0, 0.1) is 0 Å². The number of morpholine rings is 1. The summed E-state index contributed by atoms with van der Waals surface area (Å²) in [5, 5.41) is 0. The number of halogens is 1. The van der Waals surface area contributed by atoms with Gasteiger partial charge in [-0.05, 0) is 13.0 Å². The Hall–Kier alpha value is -0.840. The summed E-state index contributed by atoms with van der Waals surface area (Å²) in [4.78, 5) is 6.55. The number of alkyl halides is 1. The topological polar surface area (TPSA) is 34.6 Å². The van der Waals surface area contributed by atoms with Crippen molar-refractivity contribution in [3.05, 3.63) is 23.9 Å². The molecule has 4 nitrogen and oxygen atoms in total. The van der Waals surface area contributed by atoms with Gasteiger partial charge in [0.25, 0.3) is 0 Å². The van der Waals surface area contributed by atoms with Crippen LogP contribution in [-0.4, -0.2) is 48.2 Å². The van der Waals surface area contributed by atoms with Crippen LogP contribution < -0.4 is 4.74 Å². The van der Waals surface area contributed by atoms with Gasteiger partial charge in [-0.25, -0.2) is 4.98 Å². The molecule has 0 bridgehead atoms. The summed E-state index contributed by atoms with van der Waals surface area (Å²) in [6.45, 7) is 4.65. The summed E-state index contributed by atoms with van der Waals surface area (Å²) in [5.41, 5.74) is 1.10. The van der Waals surface area contributed by atoms with Crippen LogP contribution in [0.5, 0.6) is 5.88 Å². The summed E-state index contributed by atoms with van der Waals surface area (Å²) >= 11 is 5.88. The zero-order valence-corrected chi connectivity index (χ0v) is 11.6. The molecule has 0 amide bonds. The van der Waals surface area contributed by atoms with E-state index in [1.807, 2.05) is 12.1 Å². The predicted molar refractivity (Wildman–Crippen MR) is 71.1 cm³/mol. The van der Waals surface area contributed by atoms with E-state index in [2.05, 4.69) is 16.8 Å². The van der Waals surface area contributed by atoms with Crippen LogP contribution in [0.4, 0.5) is 0 Å². The summed E-state index contributed by atoms with van der Waals surface area (Å²) < 4.78 is 11.0. The smallest absolute Gasteiger partial charge is 0.217 e. The maximum absolute atomic E-state index is 5.88. The third kappa shape index (κ3) is 3.34. The molecule has 1 fully saturated rings. The Kier molecular flexibility index (Phi) is 4.80. The van der Waals surface area contributed by atoms with E-state index in [1.54, 1.807) is 13.3 Å². The molecular weight excluding hydrogens is 252 g/mol. The Balaban J connectivity index is 2.04. The molecule has 0 saturated carbocycles. The Morgan fingerprint density at radius 3 is 3.11 bits per heavy atom. The number of ether oxygens (including phenoxy) is 2. The zero-order valence-electron chi connectivity index (χ0n) is 10.8. The van der Waals surface area contributed by atoms with Gasteiger partial charge in [-0.15, -0.1) is 11.6 Å². The second-order valence-corrected chi connectivity index (χ2v) is 4.90. The molecule has 0 aliphatic carbocycles. The van der Waals surface area contributed by atoms with Gasteiger partial charge in [0, 0.05) is 37.3 Å². The molecule has 0 N–H and O–H groups in total. The van der Waals surface area contributed by atoms with Crippen molar-refractivity contribution in [3.63, 3.8) is 0 Å². The van der Waals surface area contributed by atoms with Crippen molar-refractivity contribution in [2.24, 2.45) is 0 Å². The van der Waals surface area contributed by atoms with E-state index in [-0.39, 0.29) is 12.2 Å². The van der Waals surface area contributed by atoms with E-state index >= 15 is 0 Å². The van der Waals surface area contributed by atoms with Crippen LogP contribution in [-0.2, 0) is 11.3 Å². The molecule has 1 aromatic heterocycles. The maximum Gasteiger partial charge on any atom is 0.217 e. The van der Waals surface area contributed by atoms with Gasteiger partial charge < -0.3 is 9.47 Å². The molecule has 2 unspecified atom stereocenters. The summed E-state index contributed by atoms with van der Waals surface area (Å²) in [5.74, 6) is 1.23. The zero-order chi connectivity index (χ0) is 13.0. The molecule has 1 aromatic rings. The standard InChI is InChI=1S/C13H19ClN2O2/c1-10-7-16(9-12(6-14)18-10)8-11-4-3-5-15-13(11)17-2/h3-5,10,12H,6-9H2,1-2H3. The average Bonchev–Trinajstić information content (AvgIpc) is 2.38. The number of methoxy groups -OCH3 is 1. The molecule has 2 heterocycles. The van der Waals surface area contributed by atoms with Gasteiger partial charge in [0.2, 0.25) is 5.88 Å². The van der Waals surface area contributed by atoms with Crippen LogP contribution in [0.2, 0.25) is 0 Å². The van der Waals surface area contributed by atoms with Gasteiger partial charge in [-0.2, -0.15) is 0 Å². The van der Waals surface area contributed by atoms with Gasteiger partial charge in [0.15, 0.2) is 0 Å².